The molecule has 1 saturated heterocycles. The summed E-state index contributed by atoms with van der Waals surface area (Å²) in [5.41, 5.74) is 1.07. The number of pyridine rings is 1. The SMILES string of the molecule is CC(=O)N1CCC(Cn2ccc3cccnc32)CC1. The van der Waals surface area contributed by atoms with Crippen molar-refractivity contribution in [2.75, 3.05) is 13.1 Å². The summed E-state index contributed by atoms with van der Waals surface area (Å²) in [6.07, 6.45) is 6.14. The van der Waals surface area contributed by atoms with E-state index in [1.165, 1.54) is 5.39 Å². The van der Waals surface area contributed by atoms with Gasteiger partial charge in [0.15, 0.2) is 0 Å². The second-order valence-electron chi connectivity index (χ2n) is 5.33. The van der Waals surface area contributed by atoms with Crippen LogP contribution in [-0.2, 0) is 11.3 Å². The zero-order valence-electron chi connectivity index (χ0n) is 11.2. The highest BCUT2D eigenvalue weighted by Crippen LogP contribution is 2.21. The zero-order chi connectivity index (χ0) is 13.2. The fraction of sp³-hybridized carbons (Fsp3) is 0.467. The van der Waals surface area contributed by atoms with Gasteiger partial charge in [-0.1, -0.05) is 0 Å². The van der Waals surface area contributed by atoms with Gasteiger partial charge in [0.1, 0.15) is 5.65 Å². The van der Waals surface area contributed by atoms with Gasteiger partial charge in [0.05, 0.1) is 0 Å². The van der Waals surface area contributed by atoms with E-state index in [2.05, 4.69) is 27.9 Å². The molecule has 0 spiro atoms. The molecule has 2 aromatic heterocycles. The molecule has 0 aliphatic carbocycles. The highest BCUT2D eigenvalue weighted by molar-refractivity contribution is 5.75. The van der Waals surface area contributed by atoms with Gasteiger partial charge in [-0.2, -0.15) is 0 Å². The fourth-order valence-corrected chi connectivity index (χ4v) is 2.88. The summed E-state index contributed by atoms with van der Waals surface area (Å²) in [4.78, 5) is 17.7. The molecule has 0 aromatic carbocycles. The summed E-state index contributed by atoms with van der Waals surface area (Å²) in [5, 5.41) is 1.20. The summed E-state index contributed by atoms with van der Waals surface area (Å²) in [6.45, 7) is 4.45. The van der Waals surface area contributed by atoms with Gasteiger partial charge in [0.2, 0.25) is 5.91 Å². The Morgan fingerprint density at radius 1 is 1.37 bits per heavy atom. The Labute approximate surface area is 113 Å². The third-order valence-corrected chi connectivity index (χ3v) is 4.04. The molecule has 1 fully saturated rings. The van der Waals surface area contributed by atoms with Gasteiger partial charge < -0.3 is 9.47 Å². The van der Waals surface area contributed by atoms with E-state index in [0.717, 1.165) is 38.1 Å². The average Bonchev–Trinajstić information content (AvgIpc) is 2.83. The van der Waals surface area contributed by atoms with Crippen molar-refractivity contribution in [3.05, 3.63) is 30.6 Å². The van der Waals surface area contributed by atoms with Crippen molar-refractivity contribution in [1.82, 2.24) is 14.5 Å². The molecule has 1 aliphatic rings. The molecule has 3 heterocycles. The molecule has 3 rings (SSSR count). The van der Waals surface area contributed by atoms with Crippen molar-refractivity contribution in [2.24, 2.45) is 5.92 Å². The third-order valence-electron chi connectivity index (χ3n) is 4.04. The van der Waals surface area contributed by atoms with Crippen molar-refractivity contribution in [2.45, 2.75) is 26.3 Å². The van der Waals surface area contributed by atoms with E-state index in [-0.39, 0.29) is 5.91 Å². The van der Waals surface area contributed by atoms with Crippen LogP contribution in [0.4, 0.5) is 0 Å². The number of carbonyl (C=O) groups excluding carboxylic acids is 1. The minimum absolute atomic E-state index is 0.200. The van der Waals surface area contributed by atoms with Crippen LogP contribution in [0.25, 0.3) is 11.0 Å². The molecule has 1 aliphatic heterocycles. The lowest BCUT2D eigenvalue weighted by molar-refractivity contribution is -0.130. The lowest BCUT2D eigenvalue weighted by atomic mass is 9.97. The van der Waals surface area contributed by atoms with Crippen LogP contribution in [0.5, 0.6) is 0 Å². The molecule has 19 heavy (non-hydrogen) atoms. The van der Waals surface area contributed by atoms with Gasteiger partial charge >= 0.3 is 0 Å². The first-order valence-electron chi connectivity index (χ1n) is 6.89. The Morgan fingerprint density at radius 2 is 2.16 bits per heavy atom. The molecule has 0 radical (unpaired) electrons. The van der Waals surface area contributed by atoms with E-state index in [0.29, 0.717) is 5.92 Å². The predicted molar refractivity (Wildman–Crippen MR) is 74.7 cm³/mol. The van der Waals surface area contributed by atoms with Gasteiger partial charge in [0, 0.05) is 44.3 Å². The maximum atomic E-state index is 11.3. The van der Waals surface area contributed by atoms with Gasteiger partial charge in [-0.15, -0.1) is 0 Å². The molecule has 4 nitrogen and oxygen atoms in total. The van der Waals surface area contributed by atoms with E-state index < -0.39 is 0 Å². The number of fused-ring (bicyclic) bond motifs is 1. The van der Waals surface area contributed by atoms with Crippen molar-refractivity contribution in [3.63, 3.8) is 0 Å². The topological polar surface area (TPSA) is 38.1 Å². The van der Waals surface area contributed by atoms with Gasteiger partial charge in [-0.05, 0) is 37.0 Å². The largest absolute Gasteiger partial charge is 0.343 e. The molecular weight excluding hydrogens is 238 g/mol. The molecule has 0 bridgehead atoms. The number of nitrogens with zero attached hydrogens (tertiary/aromatic N) is 3. The van der Waals surface area contributed by atoms with Crippen molar-refractivity contribution >= 4 is 16.9 Å². The Morgan fingerprint density at radius 3 is 2.89 bits per heavy atom. The van der Waals surface area contributed by atoms with Crippen LogP contribution < -0.4 is 0 Å². The van der Waals surface area contributed by atoms with Crippen LogP contribution in [0.2, 0.25) is 0 Å². The standard InChI is InChI=1S/C15H19N3O/c1-12(19)17-8-4-13(5-9-17)11-18-10-6-14-3-2-7-16-15(14)18/h2-3,6-7,10,13H,4-5,8-9,11H2,1H3. The van der Waals surface area contributed by atoms with Crippen LogP contribution in [0.3, 0.4) is 0 Å². The van der Waals surface area contributed by atoms with Crippen LogP contribution in [0.1, 0.15) is 19.8 Å². The predicted octanol–water partition coefficient (Wildman–Crippen LogP) is 2.29. The van der Waals surface area contributed by atoms with Gasteiger partial charge in [-0.25, -0.2) is 4.98 Å². The smallest absolute Gasteiger partial charge is 0.219 e. The zero-order valence-corrected chi connectivity index (χ0v) is 11.2. The Bertz CT molecular complexity index is 582. The molecule has 100 valence electrons. The van der Waals surface area contributed by atoms with Crippen LogP contribution >= 0.6 is 0 Å². The summed E-state index contributed by atoms with van der Waals surface area (Å²) >= 11 is 0. The first-order valence-corrected chi connectivity index (χ1v) is 6.89. The van der Waals surface area contributed by atoms with E-state index >= 15 is 0 Å². The van der Waals surface area contributed by atoms with Gasteiger partial charge in [0.25, 0.3) is 0 Å². The van der Waals surface area contributed by atoms with Crippen LogP contribution in [0, 0.1) is 5.92 Å². The molecule has 0 unspecified atom stereocenters. The molecule has 0 N–H and O–H groups in total. The van der Waals surface area contributed by atoms with Crippen molar-refractivity contribution < 1.29 is 4.79 Å². The molecule has 1 amide bonds. The van der Waals surface area contributed by atoms with E-state index in [4.69, 9.17) is 0 Å². The van der Waals surface area contributed by atoms with E-state index in [9.17, 15) is 4.79 Å². The maximum Gasteiger partial charge on any atom is 0.219 e. The number of amides is 1. The number of carbonyl (C=O) groups is 1. The molecular formula is C15H19N3O. The quantitative estimate of drug-likeness (QED) is 0.828. The average molecular weight is 257 g/mol. The number of aromatic nitrogens is 2. The normalized spacial score (nSPS) is 17.0. The first kappa shape index (κ1) is 12.2. The first-order chi connectivity index (χ1) is 9.24. The lowest BCUT2D eigenvalue weighted by Gasteiger charge is -2.31. The molecule has 4 heteroatoms. The number of rotatable bonds is 2. The second-order valence-corrected chi connectivity index (χ2v) is 5.33. The monoisotopic (exact) mass is 257 g/mol. The number of likely N-dealkylation sites (tertiary alicyclic amines) is 1. The summed E-state index contributed by atoms with van der Waals surface area (Å²) in [5.74, 6) is 0.847. The van der Waals surface area contributed by atoms with Crippen LogP contribution in [0.15, 0.2) is 30.6 Å². The van der Waals surface area contributed by atoms with Crippen molar-refractivity contribution in [3.8, 4) is 0 Å². The number of piperidine rings is 1. The Hall–Kier alpha value is -1.84. The van der Waals surface area contributed by atoms with Gasteiger partial charge in [-0.3, -0.25) is 4.79 Å². The lowest BCUT2D eigenvalue weighted by Crippen LogP contribution is -2.37. The fourth-order valence-electron chi connectivity index (χ4n) is 2.88. The van der Waals surface area contributed by atoms with Crippen molar-refractivity contribution in [1.29, 1.82) is 0 Å². The minimum Gasteiger partial charge on any atom is -0.343 e. The van der Waals surface area contributed by atoms with E-state index in [1.807, 2.05) is 17.2 Å². The summed E-state index contributed by atoms with van der Waals surface area (Å²) in [6, 6.07) is 6.18. The van der Waals surface area contributed by atoms with Crippen LogP contribution in [-0.4, -0.2) is 33.4 Å². The molecule has 0 saturated carbocycles. The maximum absolute atomic E-state index is 11.3. The molecule has 0 atom stereocenters. The minimum atomic E-state index is 0.200. The number of hydrogen-bond acceptors (Lipinski definition) is 2. The third kappa shape index (κ3) is 2.48. The highest BCUT2D eigenvalue weighted by Gasteiger charge is 2.21. The Balaban J connectivity index is 1.68. The molecule has 2 aromatic rings. The summed E-state index contributed by atoms with van der Waals surface area (Å²) in [7, 11) is 0. The summed E-state index contributed by atoms with van der Waals surface area (Å²) < 4.78 is 2.24. The Kier molecular flexibility index (Phi) is 3.23. The highest BCUT2D eigenvalue weighted by atomic mass is 16.2. The second kappa shape index (κ2) is 5.03. The van der Waals surface area contributed by atoms with E-state index in [1.54, 1.807) is 6.92 Å². The number of hydrogen-bond donors (Lipinski definition) is 0.